The molecule has 0 saturated heterocycles. The summed E-state index contributed by atoms with van der Waals surface area (Å²) in [5.74, 6) is -22.9. The highest BCUT2D eigenvalue weighted by atomic mass is 19.4. The zero-order chi connectivity index (χ0) is 38.6. The summed E-state index contributed by atoms with van der Waals surface area (Å²) in [7, 11) is 0. The van der Waals surface area contributed by atoms with Gasteiger partial charge in [-0.2, -0.15) is 39.5 Å². The number of carbonyl (C=O) groups is 2. The predicted octanol–water partition coefficient (Wildman–Crippen LogP) is 10.9. The van der Waals surface area contributed by atoms with Crippen molar-refractivity contribution in [1.29, 1.82) is 0 Å². The van der Waals surface area contributed by atoms with Gasteiger partial charge in [-0.1, -0.05) is 50.5 Å². The van der Waals surface area contributed by atoms with Gasteiger partial charge in [0.1, 0.15) is 17.2 Å². The number of hydrogen-bond donors (Lipinski definition) is 0. The lowest BCUT2D eigenvalue weighted by atomic mass is 10.0. The van der Waals surface area contributed by atoms with Gasteiger partial charge < -0.3 is 18.9 Å². The number of halogens is 9. The van der Waals surface area contributed by atoms with Crippen LogP contribution in [0.4, 0.5) is 39.5 Å². The minimum atomic E-state index is -7.17. The lowest BCUT2D eigenvalue weighted by Gasteiger charge is -2.32. The van der Waals surface area contributed by atoms with Crippen LogP contribution in [0.5, 0.6) is 17.2 Å². The molecule has 15 heteroatoms. The Labute approximate surface area is 295 Å². The molecule has 1 atom stereocenters. The van der Waals surface area contributed by atoms with Crippen molar-refractivity contribution in [3.63, 3.8) is 0 Å². The van der Waals surface area contributed by atoms with Crippen LogP contribution in [0, 0.1) is 0 Å². The molecule has 0 aliphatic heterocycles. The molecule has 0 fully saturated rings. The summed E-state index contributed by atoms with van der Waals surface area (Å²) in [5.41, 5.74) is 2.00. The van der Waals surface area contributed by atoms with Gasteiger partial charge in [0.15, 0.2) is 0 Å². The normalized spacial score (nSPS) is 13.0. The zero-order valence-electron chi connectivity index (χ0n) is 28.4. The van der Waals surface area contributed by atoms with Crippen molar-refractivity contribution in [3.05, 3.63) is 78.4 Å². The smallest absolute Gasteiger partial charge is 0.460 e. The molecule has 0 bridgehead atoms. The van der Waals surface area contributed by atoms with Crippen LogP contribution >= 0.6 is 0 Å². The van der Waals surface area contributed by atoms with Crippen LogP contribution in [0.1, 0.15) is 75.6 Å². The van der Waals surface area contributed by atoms with Crippen LogP contribution in [-0.2, 0) is 9.53 Å². The maximum Gasteiger partial charge on any atom is 0.460 e. The topological polar surface area (TPSA) is 71.1 Å². The van der Waals surface area contributed by atoms with E-state index in [1.807, 2.05) is 6.92 Å². The van der Waals surface area contributed by atoms with E-state index in [1.54, 1.807) is 72.8 Å². The molecule has 0 spiro atoms. The van der Waals surface area contributed by atoms with Crippen molar-refractivity contribution in [2.75, 3.05) is 13.2 Å². The van der Waals surface area contributed by atoms with Crippen molar-refractivity contribution < 1.29 is 68.1 Å². The highest BCUT2D eigenvalue weighted by molar-refractivity contribution is 5.91. The molecule has 3 aromatic rings. The van der Waals surface area contributed by atoms with E-state index in [0.29, 0.717) is 22.8 Å². The second-order valence-electron chi connectivity index (χ2n) is 12.0. The third kappa shape index (κ3) is 11.0. The standard InChI is InChI=1S/C37H39F9O6/c1-3-4-5-7-10-25(2)51-30-21-15-28(16-22-30)32(47)52-31-19-13-27(14-20-31)26-11-17-29(18-12-26)49-23-8-6-9-24-50-33(48)34(38,39)35(40,41)36(42,43)37(44,45)46/h11-22,25H,3-10,23-24H2,1-2H3. The number of esters is 2. The van der Waals surface area contributed by atoms with Gasteiger partial charge in [0.2, 0.25) is 0 Å². The van der Waals surface area contributed by atoms with Crippen molar-refractivity contribution in [2.45, 2.75) is 95.3 Å². The van der Waals surface area contributed by atoms with E-state index in [9.17, 15) is 49.1 Å². The molecule has 0 amide bonds. The molecular weight excluding hydrogens is 711 g/mol. The molecule has 0 saturated carbocycles. The summed E-state index contributed by atoms with van der Waals surface area (Å²) in [6, 6.07) is 20.5. The minimum Gasteiger partial charge on any atom is -0.494 e. The van der Waals surface area contributed by atoms with E-state index in [2.05, 4.69) is 11.7 Å². The quantitative estimate of drug-likeness (QED) is 0.0496. The second-order valence-corrected chi connectivity index (χ2v) is 12.0. The number of rotatable bonds is 20. The molecule has 0 aromatic heterocycles. The SMILES string of the molecule is CCCCCCC(C)Oc1ccc(C(=O)Oc2ccc(-c3ccc(OCCCCCOC(=O)C(F)(F)C(F)(F)C(F)(F)C(F)(F)F)cc3)cc2)cc1. The molecular formula is C37H39F9O6. The van der Waals surface area contributed by atoms with E-state index in [0.717, 1.165) is 24.0 Å². The van der Waals surface area contributed by atoms with Crippen molar-refractivity contribution in [2.24, 2.45) is 0 Å². The Morgan fingerprint density at radius 1 is 0.615 bits per heavy atom. The first-order valence-corrected chi connectivity index (χ1v) is 16.6. The highest BCUT2D eigenvalue weighted by Gasteiger charge is 2.84. The lowest BCUT2D eigenvalue weighted by molar-refractivity contribution is -0.390. The Balaban J connectivity index is 1.38. The summed E-state index contributed by atoms with van der Waals surface area (Å²) in [4.78, 5) is 23.9. The fourth-order valence-corrected chi connectivity index (χ4v) is 4.77. The Kier molecular flexibility index (Phi) is 14.8. The number of ether oxygens (including phenoxy) is 4. The fourth-order valence-electron chi connectivity index (χ4n) is 4.77. The van der Waals surface area contributed by atoms with Gasteiger partial charge in [0.05, 0.1) is 24.9 Å². The molecule has 0 heterocycles. The molecule has 3 aromatic carbocycles. The van der Waals surface area contributed by atoms with Crippen molar-refractivity contribution >= 4 is 11.9 Å². The first-order valence-electron chi connectivity index (χ1n) is 16.6. The molecule has 52 heavy (non-hydrogen) atoms. The van der Waals surface area contributed by atoms with Gasteiger partial charge in [-0.3, -0.25) is 0 Å². The van der Waals surface area contributed by atoms with Gasteiger partial charge in [0.25, 0.3) is 0 Å². The number of alkyl halides is 9. The van der Waals surface area contributed by atoms with Gasteiger partial charge in [-0.15, -0.1) is 0 Å². The van der Waals surface area contributed by atoms with Crippen LogP contribution < -0.4 is 14.2 Å². The molecule has 0 N–H and O–H groups in total. The summed E-state index contributed by atoms with van der Waals surface area (Å²) in [5, 5.41) is 0. The zero-order valence-corrected chi connectivity index (χ0v) is 28.4. The predicted molar refractivity (Wildman–Crippen MR) is 173 cm³/mol. The van der Waals surface area contributed by atoms with E-state index in [4.69, 9.17) is 14.2 Å². The van der Waals surface area contributed by atoms with Gasteiger partial charge in [-0.05, 0) is 98.7 Å². The van der Waals surface area contributed by atoms with Crippen LogP contribution in [0.2, 0.25) is 0 Å². The fraction of sp³-hybridized carbons (Fsp3) is 0.459. The summed E-state index contributed by atoms with van der Waals surface area (Å²) < 4.78 is 137. The van der Waals surface area contributed by atoms with Gasteiger partial charge in [0, 0.05) is 0 Å². The first-order chi connectivity index (χ1) is 24.4. The minimum absolute atomic E-state index is 0.0689. The van der Waals surface area contributed by atoms with E-state index >= 15 is 0 Å². The van der Waals surface area contributed by atoms with Gasteiger partial charge >= 0.3 is 35.9 Å². The number of hydrogen-bond acceptors (Lipinski definition) is 6. The third-order valence-corrected chi connectivity index (χ3v) is 7.84. The van der Waals surface area contributed by atoms with Gasteiger partial charge in [-0.25, -0.2) is 9.59 Å². The summed E-state index contributed by atoms with van der Waals surface area (Å²) >= 11 is 0. The first kappa shape index (κ1) is 42.0. The Hall–Kier alpha value is -4.43. The summed E-state index contributed by atoms with van der Waals surface area (Å²) in [6.07, 6.45) is -1.10. The van der Waals surface area contributed by atoms with E-state index in [1.165, 1.54) is 19.3 Å². The molecule has 0 aliphatic carbocycles. The van der Waals surface area contributed by atoms with E-state index < -0.39 is 42.5 Å². The van der Waals surface area contributed by atoms with Crippen LogP contribution in [-0.4, -0.2) is 55.2 Å². The lowest BCUT2D eigenvalue weighted by Crippen LogP contribution is -2.63. The number of carbonyl (C=O) groups excluding carboxylic acids is 2. The molecule has 286 valence electrons. The number of benzene rings is 3. The van der Waals surface area contributed by atoms with Crippen LogP contribution in [0.3, 0.4) is 0 Å². The number of unbranched alkanes of at least 4 members (excludes halogenated alkanes) is 5. The largest absolute Gasteiger partial charge is 0.494 e. The molecule has 6 nitrogen and oxygen atoms in total. The highest BCUT2D eigenvalue weighted by Crippen LogP contribution is 2.53. The molecule has 0 radical (unpaired) electrons. The van der Waals surface area contributed by atoms with E-state index in [-0.39, 0.29) is 32.0 Å². The molecule has 1 unspecified atom stereocenters. The molecule has 3 rings (SSSR count). The maximum absolute atomic E-state index is 13.5. The Bertz CT molecular complexity index is 1560. The van der Waals surface area contributed by atoms with Crippen molar-refractivity contribution in [1.82, 2.24) is 0 Å². The third-order valence-electron chi connectivity index (χ3n) is 7.84. The average Bonchev–Trinajstić information content (AvgIpc) is 3.10. The van der Waals surface area contributed by atoms with Crippen LogP contribution in [0.15, 0.2) is 72.8 Å². The monoisotopic (exact) mass is 750 g/mol. The van der Waals surface area contributed by atoms with Crippen LogP contribution in [0.25, 0.3) is 11.1 Å². The Morgan fingerprint density at radius 3 is 1.69 bits per heavy atom. The Morgan fingerprint density at radius 2 is 1.13 bits per heavy atom. The summed E-state index contributed by atoms with van der Waals surface area (Å²) in [6.45, 7) is 3.37. The maximum atomic E-state index is 13.5. The average molecular weight is 751 g/mol. The molecule has 0 aliphatic rings. The van der Waals surface area contributed by atoms with Crippen molar-refractivity contribution in [3.8, 4) is 28.4 Å². The second kappa shape index (κ2) is 18.4.